The molecule has 0 nitrogen and oxygen atoms in total. The Labute approximate surface area is 50.5 Å². The van der Waals surface area contributed by atoms with Crippen LogP contribution in [0.3, 0.4) is 0 Å². The van der Waals surface area contributed by atoms with E-state index in [2.05, 4.69) is 32.9 Å². The van der Waals surface area contributed by atoms with Gasteiger partial charge < -0.3 is 0 Å². The van der Waals surface area contributed by atoms with Crippen LogP contribution in [0.5, 0.6) is 0 Å². The molecule has 0 aromatic heterocycles. The molecule has 0 radical (unpaired) electrons. The smallest absolute Gasteiger partial charge is 0.0630 e. The maximum absolute atomic E-state index is 2.16. The highest BCUT2D eigenvalue weighted by molar-refractivity contribution is 5.34. The van der Waals surface area contributed by atoms with Crippen LogP contribution >= 0.6 is 0 Å². The van der Waals surface area contributed by atoms with Gasteiger partial charge in [-0.2, -0.15) is 22.8 Å². The van der Waals surface area contributed by atoms with E-state index in [1.165, 1.54) is 16.7 Å². The topological polar surface area (TPSA) is 0 Å². The van der Waals surface area contributed by atoms with Crippen molar-refractivity contribution in [2.45, 2.75) is 20.8 Å². The van der Waals surface area contributed by atoms with Gasteiger partial charge >= 0.3 is 0 Å². The standard InChI is InChI=1S/C8H11/c1-6-4-5-7(2)8(6)3/h4-5H,1-3H3/q-1. The zero-order valence-corrected chi connectivity index (χ0v) is 5.65. The molecule has 0 heteroatoms. The molecule has 0 unspecified atom stereocenters. The van der Waals surface area contributed by atoms with Gasteiger partial charge in [-0.05, 0) is 0 Å². The van der Waals surface area contributed by atoms with Gasteiger partial charge in [0, 0.05) is 0 Å². The Morgan fingerprint density at radius 3 is 2.12 bits per heavy atom. The van der Waals surface area contributed by atoms with Crippen LogP contribution < -0.4 is 0 Å². The van der Waals surface area contributed by atoms with Crippen molar-refractivity contribution in [1.82, 2.24) is 0 Å². The molecule has 44 valence electrons. The van der Waals surface area contributed by atoms with Crippen molar-refractivity contribution in [3.63, 3.8) is 0 Å². The van der Waals surface area contributed by atoms with Crippen molar-refractivity contribution < 1.29 is 0 Å². The minimum Gasteiger partial charge on any atom is -0.210 e. The van der Waals surface area contributed by atoms with Gasteiger partial charge in [-0.3, -0.25) is 0 Å². The zero-order valence-electron chi connectivity index (χ0n) is 5.65. The van der Waals surface area contributed by atoms with Gasteiger partial charge in [0.25, 0.3) is 0 Å². The van der Waals surface area contributed by atoms with Crippen LogP contribution in [0.4, 0.5) is 0 Å². The second kappa shape index (κ2) is 1.70. The molecule has 0 aliphatic heterocycles. The van der Waals surface area contributed by atoms with E-state index in [9.17, 15) is 0 Å². The molecule has 0 atom stereocenters. The molecule has 1 aromatic carbocycles. The summed E-state index contributed by atoms with van der Waals surface area (Å²) >= 11 is 0. The minimum atomic E-state index is 1.41. The Morgan fingerprint density at radius 2 is 2.00 bits per heavy atom. The first-order valence-corrected chi connectivity index (χ1v) is 2.91. The summed E-state index contributed by atoms with van der Waals surface area (Å²) in [5.74, 6) is 0. The quantitative estimate of drug-likeness (QED) is 0.446. The molecule has 0 heterocycles. The van der Waals surface area contributed by atoms with Gasteiger partial charge in [-0.25, -0.2) is 6.07 Å². The van der Waals surface area contributed by atoms with Crippen LogP contribution in [0.25, 0.3) is 0 Å². The molecule has 0 bridgehead atoms. The number of rotatable bonds is 0. The maximum atomic E-state index is 2.16. The molecule has 0 fully saturated rings. The SMILES string of the molecule is Cc1cc[c-](C)c1C. The van der Waals surface area contributed by atoms with Crippen LogP contribution in [0.15, 0.2) is 12.1 Å². The molecule has 0 amide bonds. The summed E-state index contributed by atoms with van der Waals surface area (Å²) in [6.45, 7) is 6.44. The summed E-state index contributed by atoms with van der Waals surface area (Å²) in [6, 6.07) is 4.31. The molecule has 0 saturated heterocycles. The maximum Gasteiger partial charge on any atom is -0.0630 e. The summed E-state index contributed by atoms with van der Waals surface area (Å²) < 4.78 is 0. The van der Waals surface area contributed by atoms with Gasteiger partial charge in [0.1, 0.15) is 0 Å². The van der Waals surface area contributed by atoms with Crippen molar-refractivity contribution >= 4 is 0 Å². The Bertz CT molecular complexity index is 162. The fourth-order valence-corrected chi connectivity index (χ4v) is 0.811. The lowest BCUT2D eigenvalue weighted by Crippen LogP contribution is -1.71. The average molecular weight is 107 g/mol. The van der Waals surface area contributed by atoms with Crippen molar-refractivity contribution in [1.29, 1.82) is 0 Å². The third-order valence-corrected chi connectivity index (χ3v) is 1.77. The molecule has 1 aromatic rings. The van der Waals surface area contributed by atoms with Gasteiger partial charge in [0.15, 0.2) is 0 Å². The summed E-state index contributed by atoms with van der Waals surface area (Å²) in [5.41, 5.74) is 4.25. The number of hydrogen-bond acceptors (Lipinski definition) is 0. The minimum absolute atomic E-state index is 1.41. The molecular formula is C8H11-. The van der Waals surface area contributed by atoms with E-state index in [1.807, 2.05) is 0 Å². The van der Waals surface area contributed by atoms with Gasteiger partial charge in [0.05, 0.1) is 0 Å². The molecular weight excluding hydrogens is 96.1 g/mol. The van der Waals surface area contributed by atoms with Crippen molar-refractivity contribution in [2.24, 2.45) is 0 Å². The van der Waals surface area contributed by atoms with E-state index in [0.29, 0.717) is 0 Å². The monoisotopic (exact) mass is 107 g/mol. The number of hydrogen-bond donors (Lipinski definition) is 0. The van der Waals surface area contributed by atoms with Crippen LogP contribution in [0.2, 0.25) is 0 Å². The van der Waals surface area contributed by atoms with E-state index in [4.69, 9.17) is 0 Å². The fourth-order valence-electron chi connectivity index (χ4n) is 0.811. The van der Waals surface area contributed by atoms with Gasteiger partial charge in [0.2, 0.25) is 0 Å². The largest absolute Gasteiger partial charge is 0.210 e. The summed E-state index contributed by atoms with van der Waals surface area (Å²) in [6.07, 6.45) is 0. The first-order valence-electron chi connectivity index (χ1n) is 2.91. The molecule has 0 aliphatic rings. The summed E-state index contributed by atoms with van der Waals surface area (Å²) in [7, 11) is 0. The average Bonchev–Trinajstić information content (AvgIpc) is 1.98. The fraction of sp³-hybridized carbons (Fsp3) is 0.375. The van der Waals surface area contributed by atoms with E-state index < -0.39 is 0 Å². The first kappa shape index (κ1) is 5.49. The number of aryl methyl sites for hydroxylation is 2. The van der Waals surface area contributed by atoms with Crippen LogP contribution in [0, 0.1) is 20.8 Å². The molecule has 8 heavy (non-hydrogen) atoms. The van der Waals surface area contributed by atoms with E-state index >= 15 is 0 Å². The highest BCUT2D eigenvalue weighted by atomic mass is 14.0. The van der Waals surface area contributed by atoms with Crippen molar-refractivity contribution in [3.8, 4) is 0 Å². The zero-order chi connectivity index (χ0) is 6.15. The van der Waals surface area contributed by atoms with Crippen LogP contribution in [0.1, 0.15) is 16.7 Å². The summed E-state index contributed by atoms with van der Waals surface area (Å²) in [5, 5.41) is 0. The lowest BCUT2D eigenvalue weighted by molar-refractivity contribution is 1.34. The van der Waals surface area contributed by atoms with E-state index in [1.54, 1.807) is 0 Å². The molecule has 0 N–H and O–H groups in total. The van der Waals surface area contributed by atoms with E-state index in [-0.39, 0.29) is 0 Å². The molecule has 1 rings (SSSR count). The van der Waals surface area contributed by atoms with Crippen molar-refractivity contribution in [2.75, 3.05) is 0 Å². The molecule has 0 saturated carbocycles. The lowest BCUT2D eigenvalue weighted by Gasteiger charge is -1.99. The second-order valence-corrected chi connectivity index (χ2v) is 2.32. The lowest BCUT2D eigenvalue weighted by atomic mass is 10.2. The third kappa shape index (κ3) is 0.664. The van der Waals surface area contributed by atoms with Gasteiger partial charge in [-0.15, -0.1) is 0 Å². The Hall–Kier alpha value is -0.650. The molecule has 0 spiro atoms. The highest BCUT2D eigenvalue weighted by Gasteiger charge is 1.82. The van der Waals surface area contributed by atoms with E-state index in [0.717, 1.165) is 0 Å². The van der Waals surface area contributed by atoms with Crippen LogP contribution in [-0.4, -0.2) is 0 Å². The second-order valence-electron chi connectivity index (χ2n) is 2.32. The predicted octanol–water partition coefficient (Wildman–Crippen LogP) is 2.33. The van der Waals surface area contributed by atoms with Gasteiger partial charge in [-0.1, -0.05) is 20.8 Å². The third-order valence-electron chi connectivity index (χ3n) is 1.77. The Balaban J connectivity index is 3.19. The Morgan fingerprint density at radius 1 is 1.38 bits per heavy atom. The first-order chi connectivity index (χ1) is 3.72. The van der Waals surface area contributed by atoms with Crippen molar-refractivity contribution in [3.05, 3.63) is 28.8 Å². The summed E-state index contributed by atoms with van der Waals surface area (Å²) in [4.78, 5) is 0. The Kier molecular flexibility index (Phi) is 1.16. The molecule has 0 aliphatic carbocycles. The normalized spacial score (nSPS) is 9.88. The van der Waals surface area contributed by atoms with Crippen LogP contribution in [-0.2, 0) is 0 Å². The predicted molar refractivity (Wildman–Crippen MR) is 36.2 cm³/mol. The highest BCUT2D eigenvalue weighted by Crippen LogP contribution is 2.12.